The fourth-order valence-corrected chi connectivity index (χ4v) is 3.26. The van der Waals surface area contributed by atoms with E-state index >= 15 is 0 Å². The second-order valence-electron chi connectivity index (χ2n) is 6.14. The quantitative estimate of drug-likeness (QED) is 0.668. The number of hydrogen-bond acceptors (Lipinski definition) is 2. The van der Waals surface area contributed by atoms with E-state index in [0.717, 1.165) is 18.5 Å². The Kier molecular flexibility index (Phi) is 4.11. The summed E-state index contributed by atoms with van der Waals surface area (Å²) in [4.78, 5) is 0. The lowest BCUT2D eigenvalue weighted by molar-refractivity contribution is 0.657. The van der Waals surface area contributed by atoms with Gasteiger partial charge in [0.1, 0.15) is 0 Å². The Morgan fingerprint density at radius 1 is 0.750 bits per heavy atom. The van der Waals surface area contributed by atoms with E-state index in [0.29, 0.717) is 6.04 Å². The van der Waals surface area contributed by atoms with Crippen molar-refractivity contribution in [1.82, 2.24) is 0 Å². The van der Waals surface area contributed by atoms with E-state index in [1.165, 1.54) is 16.8 Å². The van der Waals surface area contributed by atoms with E-state index < -0.39 is 0 Å². The zero-order chi connectivity index (χ0) is 16.2. The molecular formula is C22H20N2. The van der Waals surface area contributed by atoms with Crippen molar-refractivity contribution in [2.24, 2.45) is 5.10 Å². The summed E-state index contributed by atoms with van der Waals surface area (Å²) in [5, 5.41) is 7.15. The maximum atomic E-state index is 4.96. The lowest BCUT2D eigenvalue weighted by Gasteiger charge is -2.23. The van der Waals surface area contributed by atoms with Crippen molar-refractivity contribution in [3.05, 3.63) is 102 Å². The van der Waals surface area contributed by atoms with Crippen LogP contribution in [0.2, 0.25) is 0 Å². The van der Waals surface area contributed by atoms with Gasteiger partial charge in [-0.15, -0.1) is 0 Å². The van der Waals surface area contributed by atoms with Gasteiger partial charge in [-0.25, -0.2) is 0 Å². The molecule has 0 radical (unpaired) electrons. The summed E-state index contributed by atoms with van der Waals surface area (Å²) in [5.74, 6) is 0. The summed E-state index contributed by atoms with van der Waals surface area (Å²) in [6, 6.07) is 32.0. The molecule has 0 aliphatic carbocycles. The number of anilines is 1. The lowest BCUT2D eigenvalue weighted by Crippen LogP contribution is -2.28. The highest BCUT2D eigenvalue weighted by molar-refractivity contribution is 6.03. The maximum absolute atomic E-state index is 4.96. The molecule has 2 nitrogen and oxygen atoms in total. The van der Waals surface area contributed by atoms with Gasteiger partial charge in [0.25, 0.3) is 0 Å². The molecule has 3 aromatic carbocycles. The van der Waals surface area contributed by atoms with Gasteiger partial charge in [0, 0.05) is 6.42 Å². The van der Waals surface area contributed by atoms with Crippen LogP contribution in [0.3, 0.4) is 0 Å². The molecule has 0 amide bonds. The Hall–Kier alpha value is -2.87. The predicted octanol–water partition coefficient (Wildman–Crippen LogP) is 4.91. The zero-order valence-corrected chi connectivity index (χ0v) is 13.5. The second kappa shape index (κ2) is 6.71. The molecule has 0 spiro atoms. The summed E-state index contributed by atoms with van der Waals surface area (Å²) in [6.07, 6.45) is 1.96. The number of hydrogen-bond donors (Lipinski definition) is 0. The summed E-state index contributed by atoms with van der Waals surface area (Å²) in [6.45, 7) is 0. The highest BCUT2D eigenvalue weighted by Gasteiger charge is 2.28. The second-order valence-corrected chi connectivity index (χ2v) is 6.14. The molecule has 1 unspecified atom stereocenters. The molecule has 24 heavy (non-hydrogen) atoms. The van der Waals surface area contributed by atoms with Crippen LogP contribution in [0.5, 0.6) is 0 Å². The molecule has 0 saturated carbocycles. The van der Waals surface area contributed by atoms with E-state index in [1.807, 2.05) is 6.07 Å². The average molecular weight is 312 g/mol. The van der Waals surface area contributed by atoms with Crippen molar-refractivity contribution in [1.29, 1.82) is 0 Å². The summed E-state index contributed by atoms with van der Waals surface area (Å²) in [5.41, 5.74) is 4.90. The molecule has 0 saturated heterocycles. The minimum atomic E-state index is 0.352. The highest BCUT2D eigenvalue weighted by atomic mass is 15.5. The Morgan fingerprint density at radius 2 is 1.33 bits per heavy atom. The van der Waals surface area contributed by atoms with Crippen molar-refractivity contribution in [3.8, 4) is 0 Å². The molecule has 1 aliphatic rings. The first-order valence-corrected chi connectivity index (χ1v) is 8.41. The van der Waals surface area contributed by atoms with Gasteiger partial charge in [-0.3, -0.25) is 5.01 Å². The van der Waals surface area contributed by atoms with Crippen LogP contribution in [0.4, 0.5) is 5.69 Å². The largest absolute Gasteiger partial charge is 0.261 e. The van der Waals surface area contributed by atoms with Gasteiger partial charge in [0.05, 0.1) is 17.4 Å². The van der Waals surface area contributed by atoms with Gasteiger partial charge in [-0.1, -0.05) is 78.9 Å². The van der Waals surface area contributed by atoms with Crippen molar-refractivity contribution in [2.45, 2.75) is 18.9 Å². The minimum absolute atomic E-state index is 0.352. The van der Waals surface area contributed by atoms with E-state index in [2.05, 4.69) is 89.9 Å². The van der Waals surface area contributed by atoms with E-state index in [4.69, 9.17) is 5.10 Å². The Bertz CT molecular complexity index is 810. The lowest BCUT2D eigenvalue weighted by atomic mass is 9.98. The number of nitrogens with zero attached hydrogens (tertiary/aromatic N) is 2. The Balaban J connectivity index is 1.66. The van der Waals surface area contributed by atoms with Crippen LogP contribution in [0, 0.1) is 0 Å². The van der Waals surface area contributed by atoms with Crippen LogP contribution in [0.25, 0.3) is 0 Å². The first kappa shape index (κ1) is 14.7. The number of benzene rings is 3. The molecule has 118 valence electrons. The van der Waals surface area contributed by atoms with Crippen LogP contribution in [-0.2, 0) is 6.42 Å². The zero-order valence-electron chi connectivity index (χ0n) is 13.5. The molecule has 1 heterocycles. The van der Waals surface area contributed by atoms with E-state index in [1.54, 1.807) is 0 Å². The number of hydrazone groups is 1. The van der Waals surface area contributed by atoms with Crippen LogP contribution in [0.15, 0.2) is 96.1 Å². The molecular weight excluding hydrogens is 292 g/mol. The number of rotatable bonds is 4. The molecule has 2 heteroatoms. The topological polar surface area (TPSA) is 15.6 Å². The smallest absolute Gasteiger partial charge is 0.0703 e. The van der Waals surface area contributed by atoms with Gasteiger partial charge >= 0.3 is 0 Å². The van der Waals surface area contributed by atoms with Gasteiger partial charge in [-0.05, 0) is 29.7 Å². The Morgan fingerprint density at radius 3 is 2.00 bits per heavy atom. The fraction of sp³-hybridized carbons (Fsp3) is 0.136. The third-order valence-electron chi connectivity index (χ3n) is 4.45. The van der Waals surface area contributed by atoms with Crippen LogP contribution >= 0.6 is 0 Å². The van der Waals surface area contributed by atoms with Gasteiger partial charge in [-0.2, -0.15) is 5.10 Å². The molecule has 3 aromatic rings. The monoisotopic (exact) mass is 312 g/mol. The average Bonchev–Trinajstić information content (AvgIpc) is 3.08. The molecule has 0 N–H and O–H groups in total. The maximum Gasteiger partial charge on any atom is 0.0703 e. The third-order valence-corrected chi connectivity index (χ3v) is 4.45. The third kappa shape index (κ3) is 3.09. The van der Waals surface area contributed by atoms with Crippen LogP contribution in [-0.4, -0.2) is 11.8 Å². The first-order valence-electron chi connectivity index (χ1n) is 8.41. The molecule has 0 aromatic heterocycles. The van der Waals surface area contributed by atoms with E-state index in [-0.39, 0.29) is 0 Å². The van der Waals surface area contributed by atoms with Crippen molar-refractivity contribution in [3.63, 3.8) is 0 Å². The van der Waals surface area contributed by atoms with Crippen LogP contribution < -0.4 is 5.01 Å². The molecule has 1 atom stereocenters. The van der Waals surface area contributed by atoms with Crippen molar-refractivity contribution >= 4 is 11.4 Å². The summed E-state index contributed by atoms with van der Waals surface area (Å²) >= 11 is 0. The first-order chi connectivity index (χ1) is 11.9. The van der Waals surface area contributed by atoms with Crippen molar-refractivity contribution in [2.75, 3.05) is 5.01 Å². The van der Waals surface area contributed by atoms with E-state index in [9.17, 15) is 0 Å². The van der Waals surface area contributed by atoms with Crippen molar-refractivity contribution < 1.29 is 0 Å². The standard InChI is InChI=1S/C22H20N2/c1-4-10-18(11-5-1)16-21-17-22(19-12-6-2-7-13-19)23-24(21)20-14-8-3-9-15-20/h1-15,21H,16-17H2. The van der Waals surface area contributed by atoms with Gasteiger partial charge in [0.15, 0.2) is 0 Å². The van der Waals surface area contributed by atoms with Crippen LogP contribution in [0.1, 0.15) is 17.5 Å². The molecule has 1 aliphatic heterocycles. The minimum Gasteiger partial charge on any atom is -0.261 e. The predicted molar refractivity (Wildman–Crippen MR) is 100 cm³/mol. The highest BCUT2D eigenvalue weighted by Crippen LogP contribution is 2.28. The Labute approximate surface area is 143 Å². The summed E-state index contributed by atoms with van der Waals surface area (Å²) < 4.78 is 0. The normalized spacial score (nSPS) is 16.9. The molecule has 4 rings (SSSR count). The SMILES string of the molecule is c1ccc(CC2CC(c3ccccc3)=NN2c2ccccc2)cc1. The fourth-order valence-electron chi connectivity index (χ4n) is 3.26. The molecule has 0 fully saturated rings. The van der Waals surface area contributed by atoms with Gasteiger partial charge < -0.3 is 0 Å². The molecule has 0 bridgehead atoms. The number of para-hydroxylation sites is 1. The van der Waals surface area contributed by atoms with Gasteiger partial charge in [0.2, 0.25) is 0 Å². The summed E-state index contributed by atoms with van der Waals surface area (Å²) in [7, 11) is 0.